The van der Waals surface area contributed by atoms with E-state index in [0.717, 1.165) is 12.8 Å². The van der Waals surface area contributed by atoms with Crippen molar-refractivity contribution in [2.24, 2.45) is 56.7 Å². The second-order valence-corrected chi connectivity index (χ2v) is 17.9. The van der Waals surface area contributed by atoms with Gasteiger partial charge in [-0.05, 0) is 126 Å². The van der Waals surface area contributed by atoms with Crippen LogP contribution < -0.4 is 5.32 Å². The van der Waals surface area contributed by atoms with Gasteiger partial charge in [-0.2, -0.15) is 0 Å². The predicted molar refractivity (Wildman–Crippen MR) is 170 cm³/mol. The number of allylic oxidation sites excluding steroid dienone is 2. The smallest absolute Gasteiger partial charge is 0.407 e. The molecule has 4 heteroatoms. The maximum atomic E-state index is 13.4. The number of carbonyl (C=O) groups excluding carboxylic acids is 2. The summed E-state index contributed by atoms with van der Waals surface area (Å²) >= 11 is 0. The number of fused-ring (bicyclic) bond motifs is 7. The molecule has 0 aromatic rings. The van der Waals surface area contributed by atoms with E-state index in [1.807, 2.05) is 0 Å². The van der Waals surface area contributed by atoms with Crippen LogP contribution in [-0.2, 0) is 9.53 Å². The molecule has 6 rings (SSSR count). The van der Waals surface area contributed by atoms with Crippen molar-refractivity contribution in [2.45, 2.75) is 151 Å². The van der Waals surface area contributed by atoms with Crippen molar-refractivity contribution < 1.29 is 14.3 Å². The molecular formula is C38H61NO3. The summed E-state index contributed by atoms with van der Waals surface area (Å²) < 4.78 is 5.81. The molecule has 8 atom stereocenters. The van der Waals surface area contributed by atoms with Gasteiger partial charge in [0.05, 0.1) is 6.61 Å². The fourth-order valence-corrected chi connectivity index (χ4v) is 12.9. The topological polar surface area (TPSA) is 55.4 Å². The van der Waals surface area contributed by atoms with E-state index in [-0.39, 0.29) is 39.2 Å². The minimum absolute atomic E-state index is 0.0340. The van der Waals surface area contributed by atoms with Crippen molar-refractivity contribution in [2.75, 3.05) is 6.61 Å². The van der Waals surface area contributed by atoms with Crippen LogP contribution in [0, 0.1) is 56.7 Å². The van der Waals surface area contributed by atoms with Crippen LogP contribution in [-0.4, -0.2) is 24.5 Å². The van der Waals surface area contributed by atoms with Gasteiger partial charge in [0.1, 0.15) is 0 Å². The van der Waals surface area contributed by atoms with E-state index in [9.17, 15) is 9.59 Å². The zero-order chi connectivity index (χ0) is 30.3. The van der Waals surface area contributed by atoms with E-state index >= 15 is 0 Å². The van der Waals surface area contributed by atoms with E-state index in [0.29, 0.717) is 42.0 Å². The van der Waals surface area contributed by atoms with Crippen LogP contribution in [0.3, 0.4) is 0 Å². The molecule has 6 aliphatic carbocycles. The average Bonchev–Trinajstić information content (AvgIpc) is 3.20. The van der Waals surface area contributed by atoms with Gasteiger partial charge in [0.2, 0.25) is 0 Å². The Balaban J connectivity index is 1.22. The number of Topliss-reactive ketones (excluding diaryl/α,β-unsaturated/α-hetero) is 1. The van der Waals surface area contributed by atoms with Crippen LogP contribution in [0.15, 0.2) is 11.1 Å². The number of rotatable bonds is 4. The van der Waals surface area contributed by atoms with Crippen molar-refractivity contribution in [1.29, 1.82) is 0 Å². The fraction of sp³-hybridized carbons (Fsp3) is 0.895. The van der Waals surface area contributed by atoms with Gasteiger partial charge in [0.15, 0.2) is 5.78 Å². The Kier molecular flexibility index (Phi) is 7.58. The van der Waals surface area contributed by atoms with Gasteiger partial charge in [-0.1, -0.05) is 80.2 Å². The Hall–Kier alpha value is -1.32. The van der Waals surface area contributed by atoms with Crippen LogP contribution in [0.2, 0.25) is 0 Å². The molecular weight excluding hydrogens is 518 g/mol. The largest absolute Gasteiger partial charge is 0.449 e. The lowest BCUT2D eigenvalue weighted by Crippen LogP contribution is -2.66. The summed E-state index contributed by atoms with van der Waals surface area (Å²) in [6.45, 7) is 20.3. The van der Waals surface area contributed by atoms with E-state index < -0.39 is 0 Å². The number of ether oxygens (including phenoxy) is 1. The number of hydrogen-bond donors (Lipinski definition) is 1. The summed E-state index contributed by atoms with van der Waals surface area (Å²) in [5.41, 5.74) is 3.70. The maximum absolute atomic E-state index is 13.4. The molecule has 5 saturated carbocycles. The van der Waals surface area contributed by atoms with Crippen LogP contribution in [0.25, 0.3) is 0 Å². The molecule has 0 aromatic heterocycles. The summed E-state index contributed by atoms with van der Waals surface area (Å²) in [4.78, 5) is 26.4. The van der Waals surface area contributed by atoms with Crippen molar-refractivity contribution in [3.63, 3.8) is 0 Å². The predicted octanol–water partition coefficient (Wildman–Crippen LogP) is 9.66. The zero-order valence-electron chi connectivity index (χ0n) is 28.3. The molecule has 6 aliphatic rings. The Morgan fingerprint density at radius 3 is 2.24 bits per heavy atom. The molecule has 1 N–H and O–H groups in total. The molecule has 4 nitrogen and oxygen atoms in total. The lowest BCUT2D eigenvalue weighted by molar-refractivity contribution is -0.215. The summed E-state index contributed by atoms with van der Waals surface area (Å²) in [5, 5.41) is 3.38. The normalized spacial score (nSPS) is 45.1. The van der Waals surface area contributed by atoms with Gasteiger partial charge < -0.3 is 10.1 Å². The Morgan fingerprint density at radius 2 is 1.55 bits per heavy atom. The van der Waals surface area contributed by atoms with Gasteiger partial charge in [0.25, 0.3) is 0 Å². The van der Waals surface area contributed by atoms with Gasteiger partial charge in [-0.25, -0.2) is 4.79 Å². The number of carbonyl (C=O) groups is 2. The average molecular weight is 580 g/mol. The van der Waals surface area contributed by atoms with Crippen LogP contribution in [0.1, 0.15) is 145 Å². The molecule has 236 valence electrons. The van der Waals surface area contributed by atoms with Crippen LogP contribution >= 0.6 is 0 Å². The highest BCUT2D eigenvalue weighted by Crippen LogP contribution is 2.76. The van der Waals surface area contributed by atoms with E-state index in [4.69, 9.17) is 4.74 Å². The van der Waals surface area contributed by atoms with E-state index in [1.54, 1.807) is 5.57 Å². The third kappa shape index (κ3) is 4.40. The highest BCUT2D eigenvalue weighted by Gasteiger charge is 2.69. The summed E-state index contributed by atoms with van der Waals surface area (Å²) in [6.07, 6.45) is 16.5. The quantitative estimate of drug-likeness (QED) is 0.361. The number of hydrogen-bond acceptors (Lipinski definition) is 3. The molecule has 0 bridgehead atoms. The third-order valence-electron chi connectivity index (χ3n) is 15.3. The first-order chi connectivity index (χ1) is 19.7. The molecule has 5 fully saturated rings. The molecule has 0 spiro atoms. The molecule has 1 unspecified atom stereocenters. The molecule has 0 aromatic carbocycles. The second kappa shape index (κ2) is 10.4. The highest BCUT2D eigenvalue weighted by atomic mass is 16.5. The standard InChI is InChI=1S/C38H61NO3/c1-24(2)31-27(40)22-35(5)20-21-37(7)26(32(31)35)14-15-29-36(6)18-17-30(34(3,4)28(36)16-19-38(29,37)8)39-33(41)42-23-25-12-10-9-11-13-25/h24-26,28-30H,9-23H2,1-8H3,(H,39,41)/t26-,28+,29-,30?,35+,36+,37-,38-/m1/s1. The first-order valence-electron chi connectivity index (χ1n) is 17.9. The highest BCUT2D eigenvalue weighted by molar-refractivity contribution is 6.00. The minimum Gasteiger partial charge on any atom is -0.449 e. The molecule has 0 radical (unpaired) electrons. The van der Waals surface area contributed by atoms with Crippen molar-refractivity contribution in [3.05, 3.63) is 11.1 Å². The molecule has 0 saturated heterocycles. The maximum Gasteiger partial charge on any atom is 0.407 e. The number of ketones is 1. The monoisotopic (exact) mass is 579 g/mol. The van der Waals surface area contributed by atoms with Gasteiger partial charge >= 0.3 is 6.09 Å². The molecule has 0 aliphatic heterocycles. The number of amides is 1. The Morgan fingerprint density at radius 1 is 0.833 bits per heavy atom. The van der Waals surface area contributed by atoms with Crippen molar-refractivity contribution >= 4 is 11.9 Å². The number of alkyl carbamates (subject to hydrolysis) is 1. The first-order valence-corrected chi connectivity index (χ1v) is 17.9. The molecule has 1 amide bonds. The van der Waals surface area contributed by atoms with Crippen LogP contribution in [0.4, 0.5) is 4.79 Å². The van der Waals surface area contributed by atoms with Gasteiger partial charge in [-0.15, -0.1) is 0 Å². The molecule has 42 heavy (non-hydrogen) atoms. The third-order valence-corrected chi connectivity index (χ3v) is 15.3. The Labute approximate surface area is 257 Å². The van der Waals surface area contributed by atoms with Gasteiger partial charge in [0, 0.05) is 12.5 Å². The summed E-state index contributed by atoms with van der Waals surface area (Å²) in [5.74, 6) is 3.15. The summed E-state index contributed by atoms with van der Waals surface area (Å²) in [7, 11) is 0. The fourth-order valence-electron chi connectivity index (χ4n) is 12.9. The van der Waals surface area contributed by atoms with Crippen molar-refractivity contribution in [1.82, 2.24) is 5.32 Å². The molecule has 0 heterocycles. The first kappa shape index (κ1) is 30.7. The minimum atomic E-state index is -0.193. The number of nitrogens with one attached hydrogen (secondary N) is 1. The van der Waals surface area contributed by atoms with Gasteiger partial charge in [-0.3, -0.25) is 4.79 Å². The van der Waals surface area contributed by atoms with Crippen LogP contribution in [0.5, 0.6) is 0 Å². The zero-order valence-corrected chi connectivity index (χ0v) is 28.3. The lowest BCUT2D eigenvalue weighted by Gasteiger charge is -2.72. The summed E-state index contributed by atoms with van der Waals surface area (Å²) in [6, 6.07) is 0.171. The SMILES string of the molecule is CC(C)C1=C2[C@H]3CC[C@@H]4[C@@]5(C)CCC(NC(=O)OCC6CCCCC6)C(C)(C)[C@@H]5CC[C@@]4(C)[C@]3(C)CC[C@@]2(C)CC1=O. The van der Waals surface area contributed by atoms with E-state index in [2.05, 4.69) is 60.7 Å². The Bertz CT molecular complexity index is 1130. The lowest BCUT2D eigenvalue weighted by atomic mass is 9.33. The van der Waals surface area contributed by atoms with Crippen molar-refractivity contribution in [3.8, 4) is 0 Å². The van der Waals surface area contributed by atoms with E-state index in [1.165, 1.54) is 82.6 Å². The second-order valence-electron chi connectivity index (χ2n) is 17.9.